The average molecular weight is 512 g/mol. The Hall–Kier alpha value is -2.48. The van der Waals surface area contributed by atoms with E-state index >= 15 is 4.39 Å². The minimum absolute atomic E-state index is 0.0150. The number of ether oxygens (including phenoxy) is 1. The third-order valence-electron chi connectivity index (χ3n) is 8.09. The number of benzene rings is 2. The Morgan fingerprint density at radius 2 is 2.00 bits per heavy atom. The van der Waals surface area contributed by atoms with Gasteiger partial charge in [0.2, 0.25) is 0 Å². The van der Waals surface area contributed by atoms with Crippen molar-refractivity contribution in [2.45, 2.75) is 63.5 Å². The number of urea groups is 1. The highest BCUT2D eigenvalue weighted by atomic mass is 19.1. The zero-order chi connectivity index (χ0) is 26.6. The third kappa shape index (κ3) is 6.16. The molecule has 0 bridgehead atoms. The summed E-state index contributed by atoms with van der Waals surface area (Å²) in [7, 11) is 1.67. The molecule has 2 aromatic rings. The molecule has 3 atom stereocenters. The molecule has 2 aromatic carbocycles. The largest absolute Gasteiger partial charge is 0.385 e. The van der Waals surface area contributed by atoms with E-state index in [0.29, 0.717) is 50.3 Å². The van der Waals surface area contributed by atoms with Crippen LogP contribution < -0.4 is 5.73 Å². The Morgan fingerprint density at radius 3 is 2.70 bits per heavy atom. The Kier molecular flexibility index (Phi) is 8.56. The molecule has 37 heavy (non-hydrogen) atoms. The molecule has 2 aliphatic rings. The number of carbonyl (C=O) groups is 1. The fraction of sp³-hybridized carbons (Fsp3) is 0.567. The lowest BCUT2D eigenvalue weighted by molar-refractivity contribution is -0.0573. The number of methoxy groups -OCH3 is 1. The summed E-state index contributed by atoms with van der Waals surface area (Å²) in [6.07, 6.45) is 4.34. The van der Waals surface area contributed by atoms with Crippen molar-refractivity contribution >= 4 is 6.03 Å². The molecule has 0 spiro atoms. The number of unbranched alkanes of at least 4 members (excludes halogenated alkanes) is 1. The molecule has 2 amide bonds. The van der Waals surface area contributed by atoms with Crippen molar-refractivity contribution in [2.24, 2.45) is 11.7 Å². The SMILES string of the molecule is COCCCC[C@@](O)(c1cccc(F)c1-c1cccc(C)c1)[C@@H]1CCCN(C(=O)N2CC[C@](C)(N)C2)C1. The van der Waals surface area contributed by atoms with Gasteiger partial charge in [-0.2, -0.15) is 0 Å². The molecule has 3 N–H and O–H groups in total. The highest BCUT2D eigenvalue weighted by Crippen LogP contribution is 2.44. The van der Waals surface area contributed by atoms with Crippen LogP contribution in [-0.4, -0.2) is 66.4 Å². The predicted octanol–water partition coefficient (Wildman–Crippen LogP) is 5.06. The molecule has 2 heterocycles. The van der Waals surface area contributed by atoms with Crippen LogP contribution in [0.25, 0.3) is 11.1 Å². The fourth-order valence-corrected chi connectivity index (χ4v) is 6.07. The van der Waals surface area contributed by atoms with Crippen molar-refractivity contribution in [3.8, 4) is 11.1 Å². The van der Waals surface area contributed by atoms with E-state index < -0.39 is 5.60 Å². The molecule has 0 aromatic heterocycles. The van der Waals surface area contributed by atoms with E-state index in [1.54, 1.807) is 13.2 Å². The van der Waals surface area contributed by atoms with Crippen molar-refractivity contribution in [3.63, 3.8) is 0 Å². The number of likely N-dealkylation sites (tertiary alicyclic amines) is 2. The van der Waals surface area contributed by atoms with E-state index in [-0.39, 0.29) is 23.3 Å². The summed E-state index contributed by atoms with van der Waals surface area (Å²) in [5.41, 5.74) is 7.47. The summed E-state index contributed by atoms with van der Waals surface area (Å²) < 4.78 is 20.7. The standard InChI is InChI=1S/C30H42FN3O3/c1-22-9-6-10-23(19-22)27-25(12-7-13-26(27)31)30(36,14-4-5-18-37-3)24-11-8-16-33(20-24)28(35)34-17-15-29(2,32)21-34/h6-7,9-10,12-13,19,24,36H,4-5,8,11,14-18,20-21,32H2,1-3H3/t24-,29+,30+/m1/s1. The highest BCUT2D eigenvalue weighted by molar-refractivity contribution is 5.75. The summed E-state index contributed by atoms with van der Waals surface area (Å²) in [5.74, 6) is -0.563. The number of carbonyl (C=O) groups excluding carboxylic acids is 1. The number of hydrogen-bond acceptors (Lipinski definition) is 4. The third-order valence-corrected chi connectivity index (χ3v) is 8.09. The first-order valence-electron chi connectivity index (χ1n) is 13.5. The second kappa shape index (κ2) is 11.5. The van der Waals surface area contributed by atoms with Crippen LogP contribution in [0.4, 0.5) is 9.18 Å². The second-order valence-corrected chi connectivity index (χ2v) is 11.3. The molecular weight excluding hydrogens is 469 g/mol. The van der Waals surface area contributed by atoms with Gasteiger partial charge in [0.15, 0.2) is 0 Å². The van der Waals surface area contributed by atoms with Gasteiger partial charge in [0, 0.05) is 56.9 Å². The van der Waals surface area contributed by atoms with Crippen molar-refractivity contribution in [2.75, 3.05) is 39.9 Å². The first-order valence-corrected chi connectivity index (χ1v) is 13.5. The maximum Gasteiger partial charge on any atom is 0.320 e. The van der Waals surface area contributed by atoms with Crippen LogP contribution in [-0.2, 0) is 10.3 Å². The molecule has 2 aliphatic heterocycles. The Labute approximate surface area is 220 Å². The molecule has 202 valence electrons. The fourth-order valence-electron chi connectivity index (χ4n) is 6.07. The van der Waals surface area contributed by atoms with Crippen molar-refractivity contribution < 1.29 is 19.0 Å². The number of halogens is 1. The van der Waals surface area contributed by atoms with Crippen molar-refractivity contribution in [1.82, 2.24) is 9.80 Å². The predicted molar refractivity (Wildman–Crippen MR) is 145 cm³/mol. The van der Waals surface area contributed by atoms with Crippen molar-refractivity contribution in [1.29, 1.82) is 0 Å². The van der Waals surface area contributed by atoms with Crippen LogP contribution in [0.1, 0.15) is 56.6 Å². The van der Waals surface area contributed by atoms with E-state index in [2.05, 4.69) is 0 Å². The van der Waals surface area contributed by atoms with Gasteiger partial charge in [0.25, 0.3) is 0 Å². The molecular formula is C30H42FN3O3. The van der Waals surface area contributed by atoms with Gasteiger partial charge in [-0.25, -0.2) is 9.18 Å². The zero-order valence-corrected chi connectivity index (χ0v) is 22.5. The first-order chi connectivity index (χ1) is 17.6. The Balaban J connectivity index is 1.68. The van der Waals surface area contributed by atoms with Gasteiger partial charge in [-0.3, -0.25) is 0 Å². The molecule has 0 aliphatic carbocycles. The summed E-state index contributed by atoms with van der Waals surface area (Å²) in [6, 6.07) is 12.7. The molecule has 0 unspecified atom stereocenters. The number of aryl methyl sites for hydroxylation is 1. The molecule has 6 nitrogen and oxygen atoms in total. The summed E-state index contributed by atoms with van der Waals surface area (Å²) in [5, 5.41) is 12.5. The van der Waals surface area contributed by atoms with E-state index in [1.165, 1.54) is 6.07 Å². The number of nitrogens with two attached hydrogens (primary N) is 1. The van der Waals surface area contributed by atoms with Gasteiger partial charge >= 0.3 is 6.03 Å². The van der Waals surface area contributed by atoms with Gasteiger partial charge in [-0.05, 0) is 69.6 Å². The maximum absolute atomic E-state index is 15.5. The lowest BCUT2D eigenvalue weighted by Crippen LogP contribution is -2.52. The summed E-state index contributed by atoms with van der Waals surface area (Å²) in [4.78, 5) is 17.1. The van der Waals surface area contributed by atoms with Crippen LogP contribution in [0.3, 0.4) is 0 Å². The molecule has 2 saturated heterocycles. The molecule has 7 heteroatoms. The second-order valence-electron chi connectivity index (χ2n) is 11.3. The Morgan fingerprint density at radius 1 is 1.22 bits per heavy atom. The highest BCUT2D eigenvalue weighted by Gasteiger charge is 2.44. The number of rotatable bonds is 8. The normalized spacial score (nSPS) is 23.8. The van der Waals surface area contributed by atoms with E-state index in [9.17, 15) is 9.90 Å². The smallest absolute Gasteiger partial charge is 0.320 e. The van der Waals surface area contributed by atoms with Gasteiger partial charge in [0.1, 0.15) is 5.82 Å². The van der Waals surface area contributed by atoms with Crippen LogP contribution in [0.2, 0.25) is 0 Å². The van der Waals surface area contributed by atoms with Gasteiger partial charge < -0.3 is 25.4 Å². The quantitative estimate of drug-likeness (QED) is 0.486. The van der Waals surface area contributed by atoms with Gasteiger partial charge in [-0.1, -0.05) is 42.0 Å². The monoisotopic (exact) mass is 511 g/mol. The van der Waals surface area contributed by atoms with Gasteiger partial charge in [-0.15, -0.1) is 0 Å². The minimum atomic E-state index is -1.29. The lowest BCUT2D eigenvalue weighted by atomic mass is 9.72. The number of aliphatic hydroxyl groups is 1. The van der Waals surface area contributed by atoms with Crippen LogP contribution in [0, 0.1) is 18.7 Å². The number of nitrogens with zero attached hydrogens (tertiary/aromatic N) is 2. The summed E-state index contributed by atoms with van der Waals surface area (Å²) in [6.45, 7) is 6.84. The first kappa shape index (κ1) is 27.6. The topological polar surface area (TPSA) is 79.0 Å². The average Bonchev–Trinajstić information content (AvgIpc) is 3.25. The number of hydrogen-bond donors (Lipinski definition) is 2. The van der Waals surface area contributed by atoms with E-state index in [1.807, 2.05) is 54.0 Å². The van der Waals surface area contributed by atoms with E-state index in [0.717, 1.165) is 43.2 Å². The minimum Gasteiger partial charge on any atom is -0.385 e. The van der Waals surface area contributed by atoms with Crippen LogP contribution >= 0.6 is 0 Å². The molecule has 2 fully saturated rings. The van der Waals surface area contributed by atoms with Crippen molar-refractivity contribution in [3.05, 3.63) is 59.4 Å². The van der Waals surface area contributed by atoms with Crippen LogP contribution in [0.15, 0.2) is 42.5 Å². The maximum atomic E-state index is 15.5. The summed E-state index contributed by atoms with van der Waals surface area (Å²) >= 11 is 0. The van der Waals surface area contributed by atoms with E-state index in [4.69, 9.17) is 10.5 Å². The number of piperidine rings is 1. The molecule has 4 rings (SSSR count). The lowest BCUT2D eigenvalue weighted by Gasteiger charge is -2.44. The number of amides is 2. The molecule has 0 saturated carbocycles. The Bertz CT molecular complexity index is 1090. The molecule has 0 radical (unpaired) electrons. The van der Waals surface area contributed by atoms with Crippen LogP contribution in [0.5, 0.6) is 0 Å². The zero-order valence-electron chi connectivity index (χ0n) is 22.5. The van der Waals surface area contributed by atoms with Gasteiger partial charge in [0.05, 0.1) is 5.60 Å².